The number of thiophene rings is 1. The fourth-order valence-corrected chi connectivity index (χ4v) is 2.32. The molecule has 0 aliphatic heterocycles. The molecule has 0 aliphatic carbocycles. The Morgan fingerprint density at radius 3 is 2.81 bits per heavy atom. The lowest BCUT2D eigenvalue weighted by Gasteiger charge is -2.03. The molecule has 0 bridgehead atoms. The van der Waals surface area contributed by atoms with Gasteiger partial charge in [0.15, 0.2) is 0 Å². The van der Waals surface area contributed by atoms with E-state index >= 15 is 0 Å². The Morgan fingerprint density at radius 2 is 2.12 bits per heavy atom. The van der Waals surface area contributed by atoms with E-state index in [0.29, 0.717) is 0 Å². The van der Waals surface area contributed by atoms with Gasteiger partial charge in [-0.2, -0.15) is 0 Å². The number of pyridine rings is 1. The molecule has 0 atom stereocenters. The molecule has 0 fully saturated rings. The van der Waals surface area contributed by atoms with Crippen LogP contribution in [-0.4, -0.2) is 11.5 Å². The van der Waals surface area contributed by atoms with Crippen LogP contribution < -0.4 is 5.32 Å². The minimum Gasteiger partial charge on any atom is -0.313 e. The normalized spacial score (nSPS) is 10.6. The molecule has 0 unspecified atom stereocenters. The Balaban J connectivity index is 2.22. The molecule has 0 saturated carbocycles. The highest BCUT2D eigenvalue weighted by atomic mass is 32.1. The highest BCUT2D eigenvalue weighted by Gasteiger charge is 2.01. The van der Waals surface area contributed by atoms with Crippen molar-refractivity contribution in [3.05, 3.63) is 40.3 Å². The summed E-state index contributed by atoms with van der Waals surface area (Å²) in [5, 5.41) is 5.49. The van der Waals surface area contributed by atoms with Crippen LogP contribution in [0.2, 0.25) is 0 Å². The zero-order valence-electron chi connectivity index (χ0n) is 9.66. The maximum absolute atomic E-state index is 4.29. The van der Waals surface area contributed by atoms with E-state index in [1.54, 1.807) is 11.3 Å². The van der Waals surface area contributed by atoms with Gasteiger partial charge in [0.25, 0.3) is 0 Å². The number of nitrogens with one attached hydrogen (secondary N) is 1. The van der Waals surface area contributed by atoms with Gasteiger partial charge in [-0.3, -0.25) is 4.98 Å². The van der Waals surface area contributed by atoms with Crippen LogP contribution in [0.15, 0.2) is 29.9 Å². The molecule has 2 nitrogen and oxygen atoms in total. The van der Waals surface area contributed by atoms with Crippen molar-refractivity contribution >= 4 is 11.3 Å². The van der Waals surface area contributed by atoms with Gasteiger partial charge in [-0.25, -0.2) is 0 Å². The van der Waals surface area contributed by atoms with Gasteiger partial charge in [0.1, 0.15) is 0 Å². The lowest BCUT2D eigenvalue weighted by atomic mass is 10.1. The summed E-state index contributed by atoms with van der Waals surface area (Å²) in [6, 6.07) is 4.41. The van der Waals surface area contributed by atoms with Gasteiger partial charge < -0.3 is 5.32 Å². The SMILES string of the molecule is CCNCc1cncc(-c2csc(C)c2)c1. The zero-order chi connectivity index (χ0) is 11.4. The third-order valence-electron chi connectivity index (χ3n) is 2.44. The summed E-state index contributed by atoms with van der Waals surface area (Å²) in [5.74, 6) is 0. The minimum absolute atomic E-state index is 0.889. The van der Waals surface area contributed by atoms with E-state index in [4.69, 9.17) is 0 Å². The molecule has 2 rings (SSSR count). The predicted octanol–water partition coefficient (Wildman–Crippen LogP) is 3.23. The first-order valence-electron chi connectivity index (χ1n) is 5.49. The Labute approximate surface area is 100 Å². The molecule has 2 aromatic rings. The van der Waals surface area contributed by atoms with Gasteiger partial charge in [-0.05, 0) is 42.1 Å². The van der Waals surface area contributed by atoms with Gasteiger partial charge in [0, 0.05) is 29.4 Å². The van der Waals surface area contributed by atoms with E-state index in [2.05, 4.69) is 41.7 Å². The van der Waals surface area contributed by atoms with Crippen LogP contribution in [-0.2, 0) is 6.54 Å². The summed E-state index contributed by atoms with van der Waals surface area (Å²) >= 11 is 1.78. The fourth-order valence-electron chi connectivity index (χ4n) is 1.61. The van der Waals surface area contributed by atoms with Gasteiger partial charge in [-0.15, -0.1) is 11.3 Å². The Bertz CT molecular complexity index is 462. The van der Waals surface area contributed by atoms with Crippen molar-refractivity contribution < 1.29 is 0 Å². The van der Waals surface area contributed by atoms with Crippen molar-refractivity contribution in [1.82, 2.24) is 10.3 Å². The maximum Gasteiger partial charge on any atom is 0.0346 e. The monoisotopic (exact) mass is 232 g/mol. The molecule has 0 radical (unpaired) electrons. The number of aryl methyl sites for hydroxylation is 1. The highest BCUT2D eigenvalue weighted by molar-refractivity contribution is 7.10. The Hall–Kier alpha value is -1.19. The van der Waals surface area contributed by atoms with E-state index in [1.807, 2.05) is 12.4 Å². The topological polar surface area (TPSA) is 24.9 Å². The molecule has 0 spiro atoms. The number of hydrogen-bond donors (Lipinski definition) is 1. The second-order valence-corrected chi connectivity index (χ2v) is 4.92. The van der Waals surface area contributed by atoms with Crippen LogP contribution in [0.4, 0.5) is 0 Å². The summed E-state index contributed by atoms with van der Waals surface area (Å²) in [7, 11) is 0. The molecule has 84 valence electrons. The summed E-state index contributed by atoms with van der Waals surface area (Å²) in [4.78, 5) is 5.63. The number of aromatic nitrogens is 1. The number of nitrogens with zero attached hydrogens (tertiary/aromatic N) is 1. The average Bonchev–Trinajstić information content (AvgIpc) is 2.74. The molecule has 0 amide bonds. The van der Waals surface area contributed by atoms with Crippen LogP contribution in [0.3, 0.4) is 0 Å². The van der Waals surface area contributed by atoms with Crippen molar-refractivity contribution in [3.8, 4) is 11.1 Å². The van der Waals surface area contributed by atoms with Crippen molar-refractivity contribution in [2.45, 2.75) is 20.4 Å². The van der Waals surface area contributed by atoms with Gasteiger partial charge in [-0.1, -0.05) is 6.92 Å². The minimum atomic E-state index is 0.889. The van der Waals surface area contributed by atoms with E-state index in [9.17, 15) is 0 Å². The average molecular weight is 232 g/mol. The molecule has 0 saturated heterocycles. The molecule has 2 aromatic heterocycles. The fraction of sp³-hybridized carbons (Fsp3) is 0.308. The van der Waals surface area contributed by atoms with Crippen LogP contribution >= 0.6 is 11.3 Å². The first kappa shape index (κ1) is 11.3. The van der Waals surface area contributed by atoms with E-state index in [-0.39, 0.29) is 0 Å². The predicted molar refractivity (Wildman–Crippen MR) is 69.7 cm³/mol. The molecular weight excluding hydrogens is 216 g/mol. The summed E-state index contributed by atoms with van der Waals surface area (Å²) in [6.07, 6.45) is 3.85. The standard InChI is InChI=1S/C13H16N2S/c1-3-14-6-11-5-12(8-15-7-11)13-4-10(2)16-9-13/h4-5,7-9,14H,3,6H2,1-2H3. The van der Waals surface area contributed by atoms with E-state index < -0.39 is 0 Å². The summed E-state index contributed by atoms with van der Waals surface area (Å²) < 4.78 is 0. The second kappa shape index (κ2) is 5.23. The molecule has 0 aliphatic rings. The second-order valence-electron chi connectivity index (χ2n) is 3.81. The third-order valence-corrected chi connectivity index (χ3v) is 3.30. The maximum atomic E-state index is 4.29. The van der Waals surface area contributed by atoms with E-state index in [1.165, 1.54) is 21.6 Å². The van der Waals surface area contributed by atoms with Crippen LogP contribution in [0, 0.1) is 6.92 Å². The first-order valence-corrected chi connectivity index (χ1v) is 6.37. The molecule has 1 N–H and O–H groups in total. The molecule has 0 aromatic carbocycles. The smallest absolute Gasteiger partial charge is 0.0346 e. The van der Waals surface area contributed by atoms with E-state index in [0.717, 1.165) is 13.1 Å². The summed E-state index contributed by atoms with van der Waals surface area (Å²) in [6.45, 7) is 6.12. The quantitative estimate of drug-likeness (QED) is 0.875. The van der Waals surface area contributed by atoms with Gasteiger partial charge >= 0.3 is 0 Å². The molecule has 2 heterocycles. The van der Waals surface area contributed by atoms with Crippen molar-refractivity contribution in [2.24, 2.45) is 0 Å². The largest absolute Gasteiger partial charge is 0.313 e. The van der Waals surface area contributed by atoms with Gasteiger partial charge in [0.05, 0.1) is 0 Å². The summed E-state index contributed by atoms with van der Waals surface area (Å²) in [5.41, 5.74) is 3.72. The first-order chi connectivity index (χ1) is 7.79. The molecule has 16 heavy (non-hydrogen) atoms. The number of hydrogen-bond acceptors (Lipinski definition) is 3. The lowest BCUT2D eigenvalue weighted by Crippen LogP contribution is -2.11. The van der Waals surface area contributed by atoms with Crippen molar-refractivity contribution in [2.75, 3.05) is 6.54 Å². The molecule has 3 heteroatoms. The van der Waals surface area contributed by atoms with Gasteiger partial charge in [0.2, 0.25) is 0 Å². The Morgan fingerprint density at radius 1 is 1.25 bits per heavy atom. The van der Waals surface area contributed by atoms with Crippen molar-refractivity contribution in [3.63, 3.8) is 0 Å². The Kier molecular flexibility index (Phi) is 3.70. The zero-order valence-corrected chi connectivity index (χ0v) is 10.5. The lowest BCUT2D eigenvalue weighted by molar-refractivity contribution is 0.724. The molecular formula is C13H16N2S. The van der Waals surface area contributed by atoms with Crippen LogP contribution in [0.1, 0.15) is 17.4 Å². The third kappa shape index (κ3) is 2.68. The highest BCUT2D eigenvalue weighted by Crippen LogP contribution is 2.24. The number of rotatable bonds is 4. The van der Waals surface area contributed by atoms with Crippen LogP contribution in [0.25, 0.3) is 11.1 Å². The van der Waals surface area contributed by atoms with Crippen molar-refractivity contribution in [1.29, 1.82) is 0 Å². The van der Waals surface area contributed by atoms with Crippen LogP contribution in [0.5, 0.6) is 0 Å².